The molecule has 1 atom stereocenters. The molecule has 1 aliphatic rings. The third-order valence-electron chi connectivity index (χ3n) is 5.28. The molecule has 0 bridgehead atoms. The van der Waals surface area contributed by atoms with Gasteiger partial charge in [0.1, 0.15) is 23.3 Å². The number of halogens is 1. The Bertz CT molecular complexity index is 937. The van der Waals surface area contributed by atoms with Crippen LogP contribution in [0.1, 0.15) is 24.4 Å². The molecule has 1 aromatic heterocycles. The number of rotatable bonds is 5. The normalized spacial score (nSPS) is 15.3. The fourth-order valence-corrected chi connectivity index (χ4v) is 3.68. The SMILES string of the molecule is Cc1nc(NC(C)c2ccccc2)cc(N2CCN(c3ccc(F)cc3)CC2)n1. The first-order valence-corrected chi connectivity index (χ1v) is 10.0. The number of hydrogen-bond donors (Lipinski definition) is 1. The molecule has 1 fully saturated rings. The molecule has 0 radical (unpaired) electrons. The molecule has 1 aliphatic heterocycles. The summed E-state index contributed by atoms with van der Waals surface area (Å²) in [5.41, 5.74) is 2.28. The van der Waals surface area contributed by atoms with Gasteiger partial charge in [-0.25, -0.2) is 14.4 Å². The number of nitrogens with zero attached hydrogens (tertiary/aromatic N) is 4. The summed E-state index contributed by atoms with van der Waals surface area (Å²) in [4.78, 5) is 13.8. The summed E-state index contributed by atoms with van der Waals surface area (Å²) in [6.07, 6.45) is 0. The summed E-state index contributed by atoms with van der Waals surface area (Å²) in [7, 11) is 0. The second-order valence-corrected chi connectivity index (χ2v) is 7.39. The van der Waals surface area contributed by atoms with E-state index in [1.807, 2.05) is 43.3 Å². The monoisotopic (exact) mass is 391 g/mol. The topological polar surface area (TPSA) is 44.3 Å². The van der Waals surface area contributed by atoms with E-state index in [-0.39, 0.29) is 11.9 Å². The molecule has 2 heterocycles. The van der Waals surface area contributed by atoms with Crippen molar-refractivity contribution < 1.29 is 4.39 Å². The number of benzene rings is 2. The van der Waals surface area contributed by atoms with Gasteiger partial charge in [0.25, 0.3) is 0 Å². The zero-order chi connectivity index (χ0) is 20.2. The molecule has 5 nitrogen and oxygen atoms in total. The number of aromatic nitrogens is 2. The van der Waals surface area contributed by atoms with E-state index in [4.69, 9.17) is 0 Å². The van der Waals surface area contributed by atoms with E-state index < -0.39 is 0 Å². The van der Waals surface area contributed by atoms with Crippen molar-refractivity contribution in [2.75, 3.05) is 41.3 Å². The molecule has 1 saturated heterocycles. The highest BCUT2D eigenvalue weighted by atomic mass is 19.1. The number of nitrogens with one attached hydrogen (secondary N) is 1. The van der Waals surface area contributed by atoms with Crippen molar-refractivity contribution in [3.63, 3.8) is 0 Å². The Balaban J connectivity index is 1.43. The van der Waals surface area contributed by atoms with Crippen LogP contribution in [-0.2, 0) is 0 Å². The van der Waals surface area contributed by atoms with E-state index in [1.54, 1.807) is 0 Å². The fraction of sp³-hybridized carbons (Fsp3) is 0.304. The Hall–Kier alpha value is -3.15. The van der Waals surface area contributed by atoms with Gasteiger partial charge in [-0.15, -0.1) is 0 Å². The zero-order valence-corrected chi connectivity index (χ0v) is 16.8. The van der Waals surface area contributed by atoms with E-state index in [1.165, 1.54) is 17.7 Å². The minimum Gasteiger partial charge on any atom is -0.368 e. The second-order valence-electron chi connectivity index (χ2n) is 7.39. The summed E-state index contributed by atoms with van der Waals surface area (Å²) in [6.45, 7) is 7.53. The summed E-state index contributed by atoms with van der Waals surface area (Å²) in [5, 5.41) is 3.49. The van der Waals surface area contributed by atoms with Gasteiger partial charge in [-0.05, 0) is 43.7 Å². The molecule has 0 saturated carbocycles. The summed E-state index contributed by atoms with van der Waals surface area (Å²) in [6, 6.07) is 19.2. The third-order valence-corrected chi connectivity index (χ3v) is 5.28. The fourth-order valence-electron chi connectivity index (χ4n) is 3.68. The standard InChI is InChI=1S/C23H26FN5/c1-17(19-6-4-3-5-7-19)25-22-16-23(27-18(2)26-22)29-14-12-28(13-15-29)21-10-8-20(24)9-11-21/h3-11,16-17H,12-15H2,1-2H3,(H,25,26,27). The predicted octanol–water partition coefficient (Wildman–Crippen LogP) is 4.42. The highest BCUT2D eigenvalue weighted by molar-refractivity contribution is 5.53. The quantitative estimate of drug-likeness (QED) is 0.697. The number of piperazine rings is 1. The summed E-state index contributed by atoms with van der Waals surface area (Å²) < 4.78 is 13.2. The van der Waals surface area contributed by atoms with Gasteiger partial charge in [0, 0.05) is 44.0 Å². The van der Waals surface area contributed by atoms with E-state index in [0.717, 1.165) is 49.3 Å². The van der Waals surface area contributed by atoms with Crippen molar-refractivity contribution in [1.82, 2.24) is 9.97 Å². The van der Waals surface area contributed by atoms with Crippen LogP contribution in [0.3, 0.4) is 0 Å². The Labute approximate surface area is 171 Å². The first-order valence-electron chi connectivity index (χ1n) is 10.0. The van der Waals surface area contributed by atoms with Gasteiger partial charge in [0.2, 0.25) is 0 Å². The molecule has 6 heteroatoms. The van der Waals surface area contributed by atoms with Crippen LogP contribution in [0, 0.1) is 12.7 Å². The molecule has 1 N–H and O–H groups in total. The predicted molar refractivity (Wildman–Crippen MR) is 116 cm³/mol. The first kappa shape index (κ1) is 19.2. The molecule has 0 amide bonds. The van der Waals surface area contributed by atoms with Gasteiger partial charge in [-0.2, -0.15) is 0 Å². The van der Waals surface area contributed by atoms with Crippen LogP contribution in [0.15, 0.2) is 60.7 Å². The molecule has 4 rings (SSSR count). The molecule has 150 valence electrons. The Morgan fingerprint density at radius 2 is 1.55 bits per heavy atom. The van der Waals surface area contributed by atoms with Crippen molar-refractivity contribution in [1.29, 1.82) is 0 Å². The largest absolute Gasteiger partial charge is 0.368 e. The lowest BCUT2D eigenvalue weighted by atomic mass is 10.1. The van der Waals surface area contributed by atoms with Crippen molar-refractivity contribution in [3.05, 3.63) is 77.9 Å². The van der Waals surface area contributed by atoms with E-state index in [9.17, 15) is 4.39 Å². The van der Waals surface area contributed by atoms with Crippen LogP contribution in [0.2, 0.25) is 0 Å². The van der Waals surface area contributed by atoms with Gasteiger partial charge >= 0.3 is 0 Å². The number of anilines is 3. The minimum atomic E-state index is -0.200. The molecule has 1 unspecified atom stereocenters. The first-order chi connectivity index (χ1) is 14.1. The van der Waals surface area contributed by atoms with Gasteiger partial charge in [0.15, 0.2) is 0 Å². The van der Waals surface area contributed by atoms with Crippen molar-refractivity contribution >= 4 is 17.3 Å². The Morgan fingerprint density at radius 1 is 0.897 bits per heavy atom. The maximum Gasteiger partial charge on any atom is 0.134 e. The van der Waals surface area contributed by atoms with Gasteiger partial charge in [-0.3, -0.25) is 0 Å². The van der Waals surface area contributed by atoms with Crippen molar-refractivity contribution in [3.8, 4) is 0 Å². The molecule has 3 aromatic rings. The Kier molecular flexibility index (Phi) is 5.60. The average molecular weight is 391 g/mol. The summed E-state index contributed by atoms with van der Waals surface area (Å²) in [5.74, 6) is 2.34. The van der Waals surface area contributed by atoms with Crippen LogP contribution >= 0.6 is 0 Å². The minimum absolute atomic E-state index is 0.161. The van der Waals surface area contributed by atoms with Gasteiger partial charge in [0.05, 0.1) is 0 Å². The third kappa shape index (κ3) is 4.65. The van der Waals surface area contributed by atoms with Crippen LogP contribution in [0.5, 0.6) is 0 Å². The molecular formula is C23H26FN5. The van der Waals surface area contributed by atoms with Crippen molar-refractivity contribution in [2.45, 2.75) is 19.9 Å². The maximum atomic E-state index is 13.2. The van der Waals surface area contributed by atoms with E-state index in [2.05, 4.69) is 44.1 Å². The van der Waals surface area contributed by atoms with Gasteiger partial charge < -0.3 is 15.1 Å². The Morgan fingerprint density at radius 3 is 2.24 bits per heavy atom. The second kappa shape index (κ2) is 8.47. The number of hydrogen-bond acceptors (Lipinski definition) is 5. The lowest BCUT2D eigenvalue weighted by Crippen LogP contribution is -2.46. The molecular weight excluding hydrogens is 365 g/mol. The van der Waals surface area contributed by atoms with Crippen LogP contribution < -0.4 is 15.1 Å². The summed E-state index contributed by atoms with van der Waals surface area (Å²) >= 11 is 0. The molecule has 29 heavy (non-hydrogen) atoms. The number of aryl methyl sites for hydroxylation is 1. The van der Waals surface area contributed by atoms with Crippen LogP contribution in [0.25, 0.3) is 0 Å². The lowest BCUT2D eigenvalue weighted by molar-refractivity contribution is 0.624. The van der Waals surface area contributed by atoms with E-state index in [0.29, 0.717) is 0 Å². The smallest absolute Gasteiger partial charge is 0.134 e. The van der Waals surface area contributed by atoms with E-state index >= 15 is 0 Å². The zero-order valence-electron chi connectivity index (χ0n) is 16.8. The highest BCUT2D eigenvalue weighted by Crippen LogP contribution is 2.23. The molecule has 0 aliphatic carbocycles. The van der Waals surface area contributed by atoms with Crippen LogP contribution in [0.4, 0.5) is 21.7 Å². The lowest BCUT2D eigenvalue weighted by Gasteiger charge is -2.37. The maximum absolute atomic E-state index is 13.2. The highest BCUT2D eigenvalue weighted by Gasteiger charge is 2.19. The van der Waals surface area contributed by atoms with Crippen molar-refractivity contribution in [2.24, 2.45) is 0 Å². The molecule has 2 aromatic carbocycles. The molecule has 0 spiro atoms. The van der Waals surface area contributed by atoms with Crippen LogP contribution in [-0.4, -0.2) is 36.1 Å². The van der Waals surface area contributed by atoms with Gasteiger partial charge in [-0.1, -0.05) is 30.3 Å². The average Bonchev–Trinajstić information content (AvgIpc) is 2.75.